The molecule has 1 saturated heterocycles. The summed E-state index contributed by atoms with van der Waals surface area (Å²) in [6, 6.07) is 8.88. The van der Waals surface area contributed by atoms with E-state index < -0.39 is 17.9 Å². The summed E-state index contributed by atoms with van der Waals surface area (Å²) in [5, 5.41) is 6.70. The van der Waals surface area contributed by atoms with Gasteiger partial charge in [0.1, 0.15) is 0 Å². The third kappa shape index (κ3) is 3.75. The van der Waals surface area contributed by atoms with Crippen LogP contribution in [0.1, 0.15) is 30.2 Å². The van der Waals surface area contributed by atoms with Crippen molar-refractivity contribution >= 4 is 19.2 Å². The van der Waals surface area contributed by atoms with E-state index in [0.29, 0.717) is 37.1 Å². The van der Waals surface area contributed by atoms with Crippen molar-refractivity contribution < 1.29 is 22.4 Å². The van der Waals surface area contributed by atoms with Crippen LogP contribution in [0.15, 0.2) is 40.3 Å². The Balaban J connectivity index is 2.02. The van der Waals surface area contributed by atoms with Gasteiger partial charge in [-0.3, -0.25) is 4.79 Å². The monoisotopic (exact) mass is 347 g/mol. The number of nitrogens with zero attached hydrogens (tertiary/aromatic N) is 3. The minimum atomic E-state index is -4.70. The molecule has 0 spiro atoms. The van der Waals surface area contributed by atoms with Gasteiger partial charge < -0.3 is 9.32 Å². The van der Waals surface area contributed by atoms with E-state index in [1.807, 2.05) is 0 Å². The van der Waals surface area contributed by atoms with Gasteiger partial charge in [-0.2, -0.15) is 13.2 Å². The predicted molar refractivity (Wildman–Crippen MR) is 83.7 cm³/mol. The molecule has 0 aliphatic carbocycles. The molecule has 9 heteroatoms. The lowest BCUT2D eigenvalue weighted by molar-refractivity contribution is -0.157. The summed E-state index contributed by atoms with van der Waals surface area (Å²) in [6.07, 6.45) is -3.76. The number of carbonyl (C=O) groups is 1. The number of rotatable bonds is 2. The first kappa shape index (κ1) is 17.3. The molecule has 0 bridgehead atoms. The fourth-order valence-electron chi connectivity index (χ4n) is 2.77. The molecule has 128 valence electrons. The van der Waals surface area contributed by atoms with E-state index in [1.54, 1.807) is 30.3 Å². The van der Waals surface area contributed by atoms with Gasteiger partial charge in [0, 0.05) is 18.7 Å². The van der Waals surface area contributed by atoms with Crippen molar-refractivity contribution in [3.05, 3.63) is 53.2 Å². The zero-order valence-electron chi connectivity index (χ0n) is 13.1. The first-order valence-electron chi connectivity index (χ1n) is 7.59. The number of aromatic nitrogens is 2. The van der Waals surface area contributed by atoms with Gasteiger partial charge in [0.25, 0.3) is 0 Å². The predicted octanol–water partition coefficient (Wildman–Crippen LogP) is 3.27. The highest BCUT2D eigenvalue weighted by Crippen LogP contribution is 2.34. The van der Waals surface area contributed by atoms with Crippen molar-refractivity contribution in [3.8, 4) is 0 Å². The summed E-state index contributed by atoms with van der Waals surface area (Å²) in [4.78, 5) is 12.7. The largest absolute Gasteiger partial charge is 0.470 e. The second kappa shape index (κ2) is 6.74. The van der Waals surface area contributed by atoms with Crippen molar-refractivity contribution in [1.29, 1.82) is 0 Å². The lowest BCUT2D eigenvalue weighted by atomic mass is 9.92. The van der Waals surface area contributed by atoms with Gasteiger partial charge in [-0.1, -0.05) is 35.9 Å². The van der Waals surface area contributed by atoms with Gasteiger partial charge in [-0.15, -0.1) is 10.2 Å². The molecule has 1 aromatic heterocycles. The molecule has 5 nitrogen and oxygen atoms in total. The average molecular weight is 347 g/mol. The minimum absolute atomic E-state index is 0.180. The highest BCUT2D eigenvalue weighted by atomic mass is 19.4. The molecule has 0 N–H and O–H groups in total. The highest BCUT2D eigenvalue weighted by molar-refractivity contribution is 6.56. The minimum Gasteiger partial charge on any atom is -0.413 e. The van der Waals surface area contributed by atoms with Gasteiger partial charge in [0.05, 0.1) is 0 Å². The van der Waals surface area contributed by atoms with E-state index in [1.165, 1.54) is 4.90 Å². The van der Waals surface area contributed by atoms with Crippen molar-refractivity contribution in [2.75, 3.05) is 13.1 Å². The van der Waals surface area contributed by atoms with E-state index >= 15 is 0 Å². The van der Waals surface area contributed by atoms with Crippen LogP contribution in [0.5, 0.6) is 0 Å². The normalized spacial score (nSPS) is 15.3. The summed E-state index contributed by atoms with van der Waals surface area (Å²) in [6.45, 7) is 0.780. The summed E-state index contributed by atoms with van der Waals surface area (Å²) in [7, 11) is 5.27. The van der Waals surface area contributed by atoms with Crippen LogP contribution in [0.25, 0.3) is 5.57 Å². The van der Waals surface area contributed by atoms with Crippen LogP contribution < -0.4 is 0 Å². The van der Waals surface area contributed by atoms with E-state index in [0.717, 1.165) is 5.57 Å². The maximum Gasteiger partial charge on any atom is 0.470 e. The Bertz CT molecular complexity index is 792. The first-order chi connectivity index (χ1) is 11.9. The lowest BCUT2D eigenvalue weighted by Gasteiger charge is -2.29. The Kier molecular flexibility index (Phi) is 4.65. The van der Waals surface area contributed by atoms with Crippen LogP contribution >= 0.6 is 0 Å². The number of likely N-dealkylation sites (tertiary alicyclic amines) is 1. The van der Waals surface area contributed by atoms with E-state index in [9.17, 15) is 18.0 Å². The van der Waals surface area contributed by atoms with Crippen LogP contribution in [-0.4, -0.2) is 41.8 Å². The number of hydrogen-bond acceptors (Lipinski definition) is 4. The SMILES string of the molecule is [B]C(=O)N1CCC(=C(c2ccccc2)c2nnc(C(F)(F)F)o2)CC1. The molecule has 25 heavy (non-hydrogen) atoms. The van der Waals surface area contributed by atoms with Gasteiger partial charge in [0.15, 0.2) is 5.81 Å². The molecule has 0 atom stereocenters. The summed E-state index contributed by atoms with van der Waals surface area (Å²) in [5.41, 5.74) is 2.01. The number of carbonyl (C=O) groups excluding carboxylic acids is 1. The Labute approximate surface area is 142 Å². The summed E-state index contributed by atoms with van der Waals surface area (Å²) in [5.74, 6) is -2.08. The molecule has 0 unspecified atom stereocenters. The second-order valence-corrected chi connectivity index (χ2v) is 5.58. The third-order valence-corrected chi connectivity index (χ3v) is 3.98. The number of benzene rings is 1. The van der Waals surface area contributed by atoms with Crippen LogP contribution in [0, 0.1) is 0 Å². The molecular formula is C16H13BF3N3O2. The fraction of sp³-hybridized carbons (Fsp3) is 0.312. The lowest BCUT2D eigenvalue weighted by Crippen LogP contribution is -2.35. The summed E-state index contributed by atoms with van der Waals surface area (Å²) >= 11 is 0. The Morgan fingerprint density at radius 3 is 2.28 bits per heavy atom. The van der Waals surface area contributed by atoms with Gasteiger partial charge >= 0.3 is 12.1 Å². The standard InChI is InChI=1S/C16H13BF3N3O2/c17-15(24)23-8-6-11(7-9-23)12(10-4-2-1-3-5-10)13-21-22-14(25-13)16(18,19)20/h1-5H,6-9H2. The number of piperidine rings is 1. The molecule has 1 aliphatic rings. The van der Waals surface area contributed by atoms with Crippen LogP contribution in [-0.2, 0) is 6.18 Å². The van der Waals surface area contributed by atoms with E-state index in [-0.39, 0.29) is 5.89 Å². The highest BCUT2D eigenvalue weighted by Gasteiger charge is 2.38. The maximum absolute atomic E-state index is 12.8. The molecule has 2 aromatic rings. The van der Waals surface area contributed by atoms with Crippen molar-refractivity contribution in [1.82, 2.24) is 15.1 Å². The zero-order valence-corrected chi connectivity index (χ0v) is 13.1. The Morgan fingerprint density at radius 1 is 1.12 bits per heavy atom. The van der Waals surface area contributed by atoms with Crippen LogP contribution in [0.3, 0.4) is 0 Å². The van der Waals surface area contributed by atoms with Crippen molar-refractivity contribution in [2.24, 2.45) is 0 Å². The summed E-state index contributed by atoms with van der Waals surface area (Å²) < 4.78 is 43.2. The fourth-order valence-corrected chi connectivity index (χ4v) is 2.77. The van der Waals surface area contributed by atoms with E-state index in [4.69, 9.17) is 12.3 Å². The molecule has 1 fully saturated rings. The third-order valence-electron chi connectivity index (χ3n) is 3.98. The molecule has 0 saturated carbocycles. The molecule has 3 rings (SSSR count). The first-order valence-corrected chi connectivity index (χ1v) is 7.59. The van der Waals surface area contributed by atoms with Crippen molar-refractivity contribution in [3.63, 3.8) is 0 Å². The van der Waals surface area contributed by atoms with Crippen LogP contribution in [0.2, 0.25) is 0 Å². The maximum atomic E-state index is 12.8. The Hall–Kier alpha value is -2.58. The molecule has 1 aliphatic heterocycles. The average Bonchev–Trinajstić information content (AvgIpc) is 3.06. The van der Waals surface area contributed by atoms with Crippen LogP contribution in [0.4, 0.5) is 18.0 Å². The topological polar surface area (TPSA) is 59.2 Å². The quantitative estimate of drug-likeness (QED) is 0.783. The van der Waals surface area contributed by atoms with Gasteiger partial charge in [-0.05, 0) is 18.4 Å². The molecule has 1 aromatic carbocycles. The number of halogens is 3. The van der Waals surface area contributed by atoms with Gasteiger partial charge in [-0.25, -0.2) is 0 Å². The molecule has 1 amide bonds. The Morgan fingerprint density at radius 2 is 1.76 bits per heavy atom. The van der Waals surface area contributed by atoms with E-state index in [2.05, 4.69) is 10.2 Å². The zero-order chi connectivity index (χ0) is 18.0. The van der Waals surface area contributed by atoms with Gasteiger partial charge in [0.2, 0.25) is 13.7 Å². The number of hydrogen-bond donors (Lipinski definition) is 0. The molecule has 2 radical (unpaired) electrons. The smallest absolute Gasteiger partial charge is 0.413 e. The number of amides is 1. The second-order valence-electron chi connectivity index (χ2n) is 5.58. The molecular weight excluding hydrogens is 334 g/mol. The number of alkyl halides is 3. The van der Waals surface area contributed by atoms with Crippen molar-refractivity contribution in [2.45, 2.75) is 19.0 Å². The molecule has 2 heterocycles.